The second-order valence-electron chi connectivity index (χ2n) is 9.34. The number of rotatable bonds is 7. The van der Waals surface area contributed by atoms with Crippen molar-refractivity contribution in [3.05, 3.63) is 89.3 Å². The van der Waals surface area contributed by atoms with Crippen molar-refractivity contribution in [1.82, 2.24) is 4.90 Å². The molecule has 0 aliphatic carbocycles. The number of benzene rings is 2. The number of nitrogens with two attached hydrogens (primary N) is 1. The van der Waals surface area contributed by atoms with Crippen LogP contribution in [-0.4, -0.2) is 57.6 Å². The third-order valence-electron chi connectivity index (χ3n) is 6.94. The van der Waals surface area contributed by atoms with Gasteiger partial charge in [0.25, 0.3) is 0 Å². The molecule has 2 aliphatic heterocycles. The lowest BCUT2D eigenvalue weighted by molar-refractivity contribution is -0.177. The van der Waals surface area contributed by atoms with Gasteiger partial charge in [-0.25, -0.2) is 9.59 Å². The van der Waals surface area contributed by atoms with Crippen molar-refractivity contribution < 1.29 is 28.7 Å². The maximum absolute atomic E-state index is 13.9. The Morgan fingerprint density at radius 1 is 1.03 bits per heavy atom. The van der Waals surface area contributed by atoms with E-state index in [1.165, 1.54) is 39.8 Å². The second kappa shape index (κ2) is 10.7. The maximum atomic E-state index is 13.9. The summed E-state index contributed by atoms with van der Waals surface area (Å²) in [5, 5.41) is 1.42. The smallest absolute Gasteiger partial charge is 0.405 e. The number of hydrogen-bond acceptors (Lipinski definition) is 8. The number of β-lactam (4-membered cyclic amide) rings is 1. The molecular weight excluding hydrogens is 538 g/mol. The van der Waals surface area contributed by atoms with Crippen LogP contribution in [0.1, 0.15) is 31.1 Å². The first kappa shape index (κ1) is 26.8. The van der Waals surface area contributed by atoms with Gasteiger partial charge in [-0.1, -0.05) is 60.7 Å². The fraction of sp³-hybridized carbons (Fsp3) is 0.286. The number of thioether (sulfide) groups is 1. The van der Waals surface area contributed by atoms with Gasteiger partial charge in [-0.15, -0.1) is 23.1 Å². The molecule has 202 valence electrons. The average molecular weight is 566 g/mol. The number of anilines is 1. The standard InChI is InChI=1S/C28H27N3O6S2/c1-17-28(37-27(29)35,26(34)36-23(19-10-5-3-6-11-19)20-12-7-4-8-13-20)16-30-24(33)22(25(30)39-17)31(18(2)32)21-14-9-15-38-21/h3-15,17,22-23,25H,16H2,1-2H3,(H2,29,35)/t17?,22?,25-,28?/m1/s1. The van der Waals surface area contributed by atoms with Gasteiger partial charge >= 0.3 is 12.1 Å². The molecule has 0 saturated carbocycles. The van der Waals surface area contributed by atoms with Crippen LogP contribution in [0.3, 0.4) is 0 Å². The Hall–Kier alpha value is -3.83. The van der Waals surface area contributed by atoms with E-state index in [-0.39, 0.29) is 18.4 Å². The van der Waals surface area contributed by atoms with E-state index in [0.29, 0.717) is 5.00 Å². The molecule has 5 rings (SSSR count). The summed E-state index contributed by atoms with van der Waals surface area (Å²) in [5.74, 6) is -1.42. The Morgan fingerprint density at radius 3 is 2.15 bits per heavy atom. The van der Waals surface area contributed by atoms with Gasteiger partial charge < -0.3 is 20.1 Å². The fourth-order valence-corrected chi connectivity index (χ4v) is 7.39. The summed E-state index contributed by atoms with van der Waals surface area (Å²) < 4.78 is 11.6. The Morgan fingerprint density at radius 2 is 1.64 bits per heavy atom. The van der Waals surface area contributed by atoms with E-state index in [1.54, 1.807) is 13.0 Å². The van der Waals surface area contributed by atoms with E-state index in [2.05, 4.69) is 0 Å². The molecule has 2 fully saturated rings. The molecule has 4 atom stereocenters. The normalized spacial score (nSPS) is 23.9. The van der Waals surface area contributed by atoms with Crippen LogP contribution in [0.25, 0.3) is 0 Å². The Kier molecular flexibility index (Phi) is 7.37. The molecular formula is C28H27N3O6S2. The molecule has 2 aromatic carbocycles. The zero-order valence-electron chi connectivity index (χ0n) is 21.3. The molecule has 3 aromatic rings. The summed E-state index contributed by atoms with van der Waals surface area (Å²) in [5.41, 5.74) is 5.05. The highest BCUT2D eigenvalue weighted by Gasteiger charge is 2.64. The number of hydrogen-bond donors (Lipinski definition) is 1. The van der Waals surface area contributed by atoms with Crippen molar-refractivity contribution in [2.24, 2.45) is 5.73 Å². The fourth-order valence-electron chi connectivity index (χ4n) is 5.01. The topological polar surface area (TPSA) is 119 Å². The Labute approximate surface area is 233 Å². The Bertz CT molecular complexity index is 1330. The largest absolute Gasteiger partial charge is 0.450 e. The van der Waals surface area contributed by atoms with Crippen LogP contribution in [0.5, 0.6) is 0 Å². The molecule has 0 radical (unpaired) electrons. The van der Waals surface area contributed by atoms with Crippen LogP contribution in [0.4, 0.5) is 9.80 Å². The first-order valence-electron chi connectivity index (χ1n) is 12.3. The van der Waals surface area contributed by atoms with Crippen LogP contribution < -0.4 is 10.6 Å². The summed E-state index contributed by atoms with van der Waals surface area (Å²) >= 11 is 2.63. The summed E-state index contributed by atoms with van der Waals surface area (Å²) in [6.07, 6.45) is -1.93. The molecule has 3 amide bonds. The lowest BCUT2D eigenvalue weighted by Gasteiger charge is -2.57. The van der Waals surface area contributed by atoms with E-state index in [0.717, 1.165) is 11.1 Å². The van der Waals surface area contributed by atoms with Crippen molar-refractivity contribution in [3.8, 4) is 0 Å². The minimum absolute atomic E-state index is 0.241. The molecule has 9 nitrogen and oxygen atoms in total. The minimum Gasteiger partial charge on any atom is -0.450 e. The van der Waals surface area contributed by atoms with Gasteiger partial charge in [-0.05, 0) is 35.6 Å². The van der Waals surface area contributed by atoms with Crippen molar-refractivity contribution in [2.75, 3.05) is 11.4 Å². The number of esters is 1. The maximum Gasteiger partial charge on any atom is 0.405 e. The van der Waals surface area contributed by atoms with Crippen LogP contribution in [0, 0.1) is 0 Å². The van der Waals surface area contributed by atoms with Gasteiger partial charge in [0.15, 0.2) is 6.10 Å². The van der Waals surface area contributed by atoms with Crippen LogP contribution >= 0.6 is 23.1 Å². The third kappa shape index (κ3) is 4.87. The monoisotopic (exact) mass is 565 g/mol. The number of ether oxygens (including phenoxy) is 2. The molecule has 11 heteroatoms. The zero-order chi connectivity index (χ0) is 27.7. The number of carbonyl (C=O) groups is 4. The van der Waals surface area contributed by atoms with Gasteiger partial charge in [0, 0.05) is 6.92 Å². The van der Waals surface area contributed by atoms with E-state index >= 15 is 0 Å². The number of fused-ring (bicyclic) bond motifs is 1. The highest BCUT2D eigenvalue weighted by molar-refractivity contribution is 8.00. The number of primary amides is 1. The second-order valence-corrected chi connectivity index (χ2v) is 11.7. The molecule has 2 aliphatic rings. The van der Waals surface area contributed by atoms with Crippen LogP contribution in [0.2, 0.25) is 0 Å². The average Bonchev–Trinajstić information content (AvgIpc) is 3.46. The molecule has 2 N–H and O–H groups in total. The Balaban J connectivity index is 1.45. The van der Waals surface area contributed by atoms with Gasteiger partial charge in [-0.2, -0.15) is 0 Å². The highest BCUT2D eigenvalue weighted by atomic mass is 32.2. The molecule has 3 unspecified atom stereocenters. The predicted octanol–water partition coefficient (Wildman–Crippen LogP) is 3.94. The van der Waals surface area contributed by atoms with Gasteiger partial charge in [0.1, 0.15) is 11.4 Å². The lowest BCUT2D eigenvalue weighted by Crippen LogP contribution is -2.77. The highest BCUT2D eigenvalue weighted by Crippen LogP contribution is 2.48. The summed E-state index contributed by atoms with van der Waals surface area (Å²) in [6.45, 7) is 2.91. The van der Waals surface area contributed by atoms with E-state index in [4.69, 9.17) is 15.2 Å². The first-order chi connectivity index (χ1) is 18.7. The third-order valence-corrected chi connectivity index (χ3v) is 9.39. The van der Waals surface area contributed by atoms with Gasteiger partial charge in [-0.3, -0.25) is 14.5 Å². The molecule has 39 heavy (non-hydrogen) atoms. The number of amides is 3. The molecule has 3 heterocycles. The predicted molar refractivity (Wildman–Crippen MR) is 148 cm³/mol. The SMILES string of the molecule is CC(=O)N(c1cccs1)C1C(=O)N2CC(OC(N)=O)(C(=O)OC(c3ccccc3)c3ccccc3)C(C)S[C@H]12. The van der Waals surface area contributed by atoms with Crippen LogP contribution in [0.15, 0.2) is 78.2 Å². The van der Waals surface area contributed by atoms with Gasteiger partial charge in [0.05, 0.1) is 16.8 Å². The van der Waals surface area contributed by atoms with Gasteiger partial charge in [0.2, 0.25) is 17.4 Å². The summed E-state index contributed by atoms with van der Waals surface area (Å²) in [7, 11) is 0. The summed E-state index contributed by atoms with van der Waals surface area (Å²) in [6, 6.07) is 21.3. The summed E-state index contributed by atoms with van der Waals surface area (Å²) in [4.78, 5) is 54.9. The number of thiophene rings is 1. The number of nitrogens with zero attached hydrogens (tertiary/aromatic N) is 2. The first-order valence-corrected chi connectivity index (χ1v) is 14.1. The van der Waals surface area contributed by atoms with Crippen LogP contribution in [-0.2, 0) is 23.9 Å². The lowest BCUT2D eigenvalue weighted by atomic mass is 9.93. The zero-order valence-corrected chi connectivity index (χ0v) is 22.9. The van der Waals surface area contributed by atoms with Crippen molar-refractivity contribution in [1.29, 1.82) is 0 Å². The van der Waals surface area contributed by atoms with E-state index < -0.39 is 40.4 Å². The van der Waals surface area contributed by atoms with Crippen molar-refractivity contribution in [2.45, 2.75) is 42.2 Å². The minimum atomic E-state index is -1.85. The molecule has 0 spiro atoms. The van der Waals surface area contributed by atoms with E-state index in [1.807, 2.05) is 72.1 Å². The number of carbonyl (C=O) groups excluding carboxylic acids is 4. The van der Waals surface area contributed by atoms with E-state index in [9.17, 15) is 19.2 Å². The molecule has 2 saturated heterocycles. The van der Waals surface area contributed by atoms with Crippen molar-refractivity contribution >= 4 is 52.0 Å². The molecule has 0 bridgehead atoms. The van der Waals surface area contributed by atoms with Crippen molar-refractivity contribution in [3.63, 3.8) is 0 Å². The molecule has 1 aromatic heterocycles. The quantitative estimate of drug-likeness (QED) is 0.340.